The van der Waals surface area contributed by atoms with E-state index in [0.29, 0.717) is 0 Å². The summed E-state index contributed by atoms with van der Waals surface area (Å²) in [5.41, 5.74) is 6.60. The summed E-state index contributed by atoms with van der Waals surface area (Å²) in [6.45, 7) is 4.32. The van der Waals surface area contributed by atoms with Crippen LogP contribution in [-0.4, -0.2) is 12.8 Å². The standard InChI is InChI=1S/C17H20ClN/c1-4-5-14-10-15(11-17(14)12(2)19-3)13-6-8-16(18)9-7-13/h6-9,11H,4-5,10H2,1-3H3/b19-12-. The maximum Gasteiger partial charge on any atom is 0.0406 e. The highest BCUT2D eigenvalue weighted by molar-refractivity contribution is 6.30. The van der Waals surface area contributed by atoms with E-state index in [1.54, 1.807) is 0 Å². The molecule has 0 unspecified atom stereocenters. The fraction of sp³-hybridized carbons (Fsp3) is 0.353. The normalized spacial score (nSPS) is 16.0. The molecule has 0 heterocycles. The predicted octanol–water partition coefficient (Wildman–Crippen LogP) is 5.31. The molecule has 0 bridgehead atoms. The first-order valence-electron chi connectivity index (χ1n) is 6.78. The van der Waals surface area contributed by atoms with Gasteiger partial charge >= 0.3 is 0 Å². The van der Waals surface area contributed by atoms with Crippen molar-refractivity contribution in [3.63, 3.8) is 0 Å². The van der Waals surface area contributed by atoms with Crippen LogP contribution < -0.4 is 0 Å². The van der Waals surface area contributed by atoms with E-state index in [0.717, 1.165) is 23.6 Å². The van der Waals surface area contributed by atoms with Crippen LogP contribution in [0.4, 0.5) is 0 Å². The molecular formula is C17H20ClN. The lowest BCUT2D eigenvalue weighted by molar-refractivity contribution is 0.886. The molecule has 0 atom stereocenters. The molecule has 0 spiro atoms. The van der Waals surface area contributed by atoms with Gasteiger partial charge in [-0.3, -0.25) is 4.99 Å². The minimum atomic E-state index is 0.788. The second-order valence-corrected chi connectivity index (χ2v) is 5.37. The molecule has 0 N–H and O–H groups in total. The van der Waals surface area contributed by atoms with E-state index in [4.69, 9.17) is 11.6 Å². The number of benzene rings is 1. The minimum Gasteiger partial charge on any atom is -0.293 e. The van der Waals surface area contributed by atoms with Crippen LogP contribution in [0.2, 0.25) is 5.02 Å². The topological polar surface area (TPSA) is 12.4 Å². The van der Waals surface area contributed by atoms with Crippen molar-refractivity contribution in [3.8, 4) is 0 Å². The van der Waals surface area contributed by atoms with Crippen LogP contribution in [0.15, 0.2) is 46.5 Å². The van der Waals surface area contributed by atoms with Crippen LogP contribution in [0.25, 0.3) is 5.57 Å². The van der Waals surface area contributed by atoms with Crippen molar-refractivity contribution in [1.82, 2.24) is 0 Å². The number of aliphatic imine (C=N–C) groups is 1. The van der Waals surface area contributed by atoms with Gasteiger partial charge in [0.1, 0.15) is 0 Å². The SMILES string of the molecule is CCCC1=C(/C(C)=N\C)C=C(c2ccc(Cl)cc2)C1. The Balaban J connectivity index is 2.31. The molecular weight excluding hydrogens is 254 g/mol. The zero-order valence-electron chi connectivity index (χ0n) is 11.8. The average molecular weight is 274 g/mol. The Morgan fingerprint density at radius 3 is 2.53 bits per heavy atom. The van der Waals surface area contributed by atoms with Crippen LogP contribution in [0, 0.1) is 0 Å². The molecule has 0 amide bonds. The number of rotatable bonds is 4. The molecule has 100 valence electrons. The summed E-state index contributed by atoms with van der Waals surface area (Å²) in [7, 11) is 1.86. The van der Waals surface area contributed by atoms with E-state index in [1.165, 1.54) is 28.7 Å². The molecule has 0 radical (unpaired) electrons. The van der Waals surface area contributed by atoms with Gasteiger partial charge in [0.25, 0.3) is 0 Å². The Morgan fingerprint density at radius 1 is 1.26 bits per heavy atom. The highest BCUT2D eigenvalue weighted by Crippen LogP contribution is 2.35. The quantitative estimate of drug-likeness (QED) is 0.659. The molecule has 1 aliphatic rings. The van der Waals surface area contributed by atoms with Crippen LogP contribution >= 0.6 is 11.6 Å². The van der Waals surface area contributed by atoms with E-state index in [1.807, 2.05) is 19.2 Å². The molecule has 2 heteroatoms. The molecule has 1 nitrogen and oxygen atoms in total. The number of halogens is 1. The first kappa shape index (κ1) is 14.1. The van der Waals surface area contributed by atoms with Crippen molar-refractivity contribution in [3.05, 3.63) is 52.1 Å². The summed E-state index contributed by atoms with van der Waals surface area (Å²) in [5, 5.41) is 0.788. The van der Waals surface area contributed by atoms with Crippen molar-refractivity contribution >= 4 is 22.9 Å². The average Bonchev–Trinajstić information content (AvgIpc) is 2.83. The van der Waals surface area contributed by atoms with Gasteiger partial charge in [0.2, 0.25) is 0 Å². The second-order valence-electron chi connectivity index (χ2n) is 4.93. The Morgan fingerprint density at radius 2 is 1.95 bits per heavy atom. The summed E-state index contributed by atoms with van der Waals surface area (Å²) in [4.78, 5) is 4.34. The molecule has 1 aromatic rings. The highest BCUT2D eigenvalue weighted by atomic mass is 35.5. The van der Waals surface area contributed by atoms with Gasteiger partial charge in [-0.1, -0.05) is 42.7 Å². The third-order valence-corrected chi connectivity index (χ3v) is 3.85. The Bertz CT molecular complexity index is 547. The van der Waals surface area contributed by atoms with E-state index in [-0.39, 0.29) is 0 Å². The lowest BCUT2D eigenvalue weighted by Crippen LogP contribution is -1.96. The van der Waals surface area contributed by atoms with Gasteiger partial charge in [-0.05, 0) is 54.7 Å². The smallest absolute Gasteiger partial charge is 0.0406 e. The van der Waals surface area contributed by atoms with E-state index >= 15 is 0 Å². The first-order chi connectivity index (χ1) is 9.15. The van der Waals surface area contributed by atoms with Gasteiger partial charge in [0.05, 0.1) is 0 Å². The molecule has 0 saturated carbocycles. The molecule has 0 aliphatic heterocycles. The predicted molar refractivity (Wildman–Crippen MR) is 85.0 cm³/mol. The van der Waals surface area contributed by atoms with Gasteiger partial charge < -0.3 is 0 Å². The fourth-order valence-corrected chi connectivity index (χ4v) is 2.63. The van der Waals surface area contributed by atoms with Crippen LogP contribution in [0.5, 0.6) is 0 Å². The number of hydrogen-bond acceptors (Lipinski definition) is 1. The second kappa shape index (κ2) is 6.21. The first-order valence-corrected chi connectivity index (χ1v) is 7.15. The van der Waals surface area contributed by atoms with Crippen molar-refractivity contribution in [2.24, 2.45) is 4.99 Å². The lowest BCUT2D eigenvalue weighted by atomic mass is 10.00. The maximum atomic E-state index is 5.95. The summed E-state index contributed by atoms with van der Waals surface area (Å²) in [6.07, 6.45) is 5.65. The van der Waals surface area contributed by atoms with Crippen molar-refractivity contribution in [2.45, 2.75) is 33.1 Å². The lowest BCUT2D eigenvalue weighted by Gasteiger charge is -2.06. The molecule has 0 fully saturated rings. The van der Waals surface area contributed by atoms with Gasteiger partial charge in [0.15, 0.2) is 0 Å². The molecule has 19 heavy (non-hydrogen) atoms. The summed E-state index contributed by atoms with van der Waals surface area (Å²) in [5.74, 6) is 0. The third kappa shape index (κ3) is 3.16. The molecule has 0 saturated heterocycles. The van der Waals surface area contributed by atoms with Crippen LogP contribution in [0.1, 0.15) is 38.7 Å². The third-order valence-electron chi connectivity index (χ3n) is 3.60. The maximum absolute atomic E-state index is 5.95. The van der Waals surface area contributed by atoms with Crippen molar-refractivity contribution < 1.29 is 0 Å². The van der Waals surface area contributed by atoms with E-state index < -0.39 is 0 Å². The highest BCUT2D eigenvalue weighted by Gasteiger charge is 2.18. The van der Waals surface area contributed by atoms with E-state index in [9.17, 15) is 0 Å². The summed E-state index contributed by atoms with van der Waals surface area (Å²) in [6, 6.07) is 8.10. The van der Waals surface area contributed by atoms with Gasteiger partial charge in [-0.25, -0.2) is 0 Å². The van der Waals surface area contributed by atoms with Gasteiger partial charge in [0, 0.05) is 17.8 Å². The number of nitrogens with zero attached hydrogens (tertiary/aromatic N) is 1. The minimum absolute atomic E-state index is 0.788. The molecule has 1 aromatic carbocycles. The zero-order chi connectivity index (χ0) is 13.8. The number of allylic oxidation sites excluding steroid dienone is 4. The zero-order valence-corrected chi connectivity index (χ0v) is 12.6. The Labute approximate surface area is 120 Å². The van der Waals surface area contributed by atoms with Gasteiger partial charge in [-0.15, -0.1) is 0 Å². The van der Waals surface area contributed by atoms with Crippen LogP contribution in [-0.2, 0) is 0 Å². The monoisotopic (exact) mass is 273 g/mol. The van der Waals surface area contributed by atoms with Crippen molar-refractivity contribution in [2.75, 3.05) is 7.05 Å². The fourth-order valence-electron chi connectivity index (χ4n) is 2.51. The van der Waals surface area contributed by atoms with E-state index in [2.05, 4.69) is 37.0 Å². The summed E-state index contributed by atoms with van der Waals surface area (Å²) >= 11 is 5.95. The Kier molecular flexibility index (Phi) is 4.60. The number of hydrogen-bond donors (Lipinski definition) is 0. The van der Waals surface area contributed by atoms with Crippen molar-refractivity contribution in [1.29, 1.82) is 0 Å². The summed E-state index contributed by atoms with van der Waals surface area (Å²) < 4.78 is 0. The van der Waals surface area contributed by atoms with Crippen LogP contribution in [0.3, 0.4) is 0 Å². The molecule has 2 rings (SSSR count). The Hall–Kier alpha value is -1.34. The molecule has 0 aromatic heterocycles. The largest absolute Gasteiger partial charge is 0.293 e. The molecule has 1 aliphatic carbocycles. The van der Waals surface area contributed by atoms with Gasteiger partial charge in [-0.2, -0.15) is 0 Å².